The lowest BCUT2D eigenvalue weighted by atomic mass is 10.1. The quantitative estimate of drug-likeness (QED) is 0.655. The first-order chi connectivity index (χ1) is 12.5. The van der Waals surface area contributed by atoms with Gasteiger partial charge in [-0.3, -0.25) is 4.31 Å². The van der Waals surface area contributed by atoms with E-state index in [1.165, 1.54) is 24.6 Å². The zero-order valence-corrected chi connectivity index (χ0v) is 15.8. The van der Waals surface area contributed by atoms with E-state index >= 15 is 0 Å². The van der Waals surface area contributed by atoms with Crippen molar-refractivity contribution in [3.63, 3.8) is 0 Å². The Balaban J connectivity index is 2.21. The number of sulfonamides is 1. The molecule has 0 aliphatic carbocycles. The standard InChI is InChI=1S/C20H21NO4S/c1-4-21(18-11-7-9-15-8-5-6-10-17(15)18)26(22,23)20-14-16(24-2)12-13-19(20)25-3/h5-14H,4H2,1-3H3. The van der Waals surface area contributed by atoms with Crippen LogP contribution in [0.2, 0.25) is 0 Å². The number of benzene rings is 3. The van der Waals surface area contributed by atoms with Gasteiger partial charge in [0.1, 0.15) is 16.4 Å². The van der Waals surface area contributed by atoms with Crippen molar-refractivity contribution in [2.45, 2.75) is 11.8 Å². The maximum absolute atomic E-state index is 13.4. The maximum atomic E-state index is 13.4. The number of fused-ring (bicyclic) bond motifs is 1. The van der Waals surface area contributed by atoms with Crippen LogP contribution in [0.3, 0.4) is 0 Å². The van der Waals surface area contributed by atoms with Crippen LogP contribution in [0.5, 0.6) is 11.5 Å². The summed E-state index contributed by atoms with van der Waals surface area (Å²) in [6, 6.07) is 18.1. The van der Waals surface area contributed by atoms with E-state index in [4.69, 9.17) is 9.47 Å². The molecule has 0 aromatic heterocycles. The van der Waals surface area contributed by atoms with E-state index < -0.39 is 10.0 Å². The van der Waals surface area contributed by atoms with Crippen molar-refractivity contribution in [1.29, 1.82) is 0 Å². The van der Waals surface area contributed by atoms with E-state index in [1.54, 1.807) is 12.1 Å². The van der Waals surface area contributed by atoms with E-state index in [1.807, 2.05) is 49.4 Å². The largest absolute Gasteiger partial charge is 0.497 e. The lowest BCUT2D eigenvalue weighted by molar-refractivity contribution is 0.392. The Morgan fingerprint density at radius 2 is 1.65 bits per heavy atom. The molecule has 0 spiro atoms. The number of rotatable bonds is 6. The van der Waals surface area contributed by atoms with Crippen molar-refractivity contribution < 1.29 is 17.9 Å². The fraction of sp³-hybridized carbons (Fsp3) is 0.200. The van der Waals surface area contributed by atoms with Crippen molar-refractivity contribution in [2.24, 2.45) is 0 Å². The van der Waals surface area contributed by atoms with Gasteiger partial charge in [0.05, 0.1) is 19.9 Å². The Hall–Kier alpha value is -2.73. The highest BCUT2D eigenvalue weighted by molar-refractivity contribution is 7.93. The molecule has 6 heteroatoms. The summed E-state index contributed by atoms with van der Waals surface area (Å²) in [5.74, 6) is 0.739. The molecular formula is C20H21NO4S. The minimum atomic E-state index is -3.84. The molecule has 0 heterocycles. The molecule has 0 radical (unpaired) electrons. The molecule has 3 aromatic rings. The number of anilines is 1. The first-order valence-corrected chi connectivity index (χ1v) is 9.69. The van der Waals surface area contributed by atoms with E-state index in [2.05, 4.69) is 0 Å². The summed E-state index contributed by atoms with van der Waals surface area (Å²) in [6.07, 6.45) is 0. The minimum Gasteiger partial charge on any atom is -0.497 e. The Kier molecular flexibility index (Phi) is 5.04. The van der Waals surface area contributed by atoms with Crippen molar-refractivity contribution >= 4 is 26.5 Å². The third-order valence-corrected chi connectivity index (χ3v) is 6.17. The molecule has 26 heavy (non-hydrogen) atoms. The molecule has 0 fully saturated rings. The lowest BCUT2D eigenvalue weighted by Crippen LogP contribution is -2.31. The van der Waals surface area contributed by atoms with Gasteiger partial charge in [-0.1, -0.05) is 36.4 Å². The zero-order valence-electron chi connectivity index (χ0n) is 15.0. The van der Waals surface area contributed by atoms with E-state index in [9.17, 15) is 8.42 Å². The second-order valence-electron chi connectivity index (χ2n) is 5.68. The Morgan fingerprint density at radius 1 is 0.923 bits per heavy atom. The van der Waals surface area contributed by atoms with E-state index in [0.29, 0.717) is 11.4 Å². The molecule has 0 atom stereocenters. The fourth-order valence-corrected chi connectivity index (χ4v) is 4.67. The summed E-state index contributed by atoms with van der Waals surface area (Å²) >= 11 is 0. The molecule has 0 saturated heterocycles. The van der Waals surface area contributed by atoms with Gasteiger partial charge in [-0.25, -0.2) is 8.42 Å². The number of hydrogen-bond donors (Lipinski definition) is 0. The normalized spacial score (nSPS) is 11.3. The lowest BCUT2D eigenvalue weighted by Gasteiger charge is -2.25. The van der Waals surface area contributed by atoms with Crippen LogP contribution in [0.1, 0.15) is 6.92 Å². The number of nitrogens with zero attached hydrogens (tertiary/aromatic N) is 1. The highest BCUT2D eigenvalue weighted by Crippen LogP contribution is 2.35. The van der Waals surface area contributed by atoms with Gasteiger partial charge in [-0.05, 0) is 30.5 Å². The van der Waals surface area contributed by atoms with Gasteiger partial charge in [0.15, 0.2) is 0 Å². The molecule has 0 amide bonds. The van der Waals surface area contributed by atoms with Crippen molar-refractivity contribution in [3.05, 3.63) is 60.7 Å². The number of methoxy groups -OCH3 is 2. The molecule has 0 saturated carbocycles. The number of hydrogen-bond acceptors (Lipinski definition) is 4. The van der Waals surface area contributed by atoms with Crippen LogP contribution in [0, 0.1) is 0 Å². The summed E-state index contributed by atoms with van der Waals surface area (Å²) in [5, 5.41) is 1.86. The highest BCUT2D eigenvalue weighted by atomic mass is 32.2. The summed E-state index contributed by atoms with van der Waals surface area (Å²) in [7, 11) is -0.889. The Labute approximate surface area is 153 Å². The monoisotopic (exact) mass is 371 g/mol. The van der Waals surface area contributed by atoms with Gasteiger partial charge in [0.25, 0.3) is 10.0 Å². The molecule has 0 bridgehead atoms. The van der Waals surface area contributed by atoms with Gasteiger partial charge in [-0.2, -0.15) is 0 Å². The second-order valence-corrected chi connectivity index (χ2v) is 7.52. The molecule has 3 aromatic carbocycles. The average molecular weight is 371 g/mol. The van der Waals surface area contributed by atoms with Crippen LogP contribution < -0.4 is 13.8 Å². The predicted molar refractivity (Wildman–Crippen MR) is 104 cm³/mol. The summed E-state index contributed by atoms with van der Waals surface area (Å²) in [6.45, 7) is 2.10. The molecule has 5 nitrogen and oxygen atoms in total. The molecule has 3 rings (SSSR count). The average Bonchev–Trinajstić information content (AvgIpc) is 2.68. The first-order valence-electron chi connectivity index (χ1n) is 8.25. The van der Waals surface area contributed by atoms with Gasteiger partial charge >= 0.3 is 0 Å². The molecule has 0 aliphatic rings. The van der Waals surface area contributed by atoms with Crippen LogP contribution in [0.15, 0.2) is 65.6 Å². The van der Waals surface area contributed by atoms with Crippen molar-refractivity contribution in [3.8, 4) is 11.5 Å². The molecule has 136 valence electrons. The van der Waals surface area contributed by atoms with E-state index in [-0.39, 0.29) is 17.2 Å². The summed E-state index contributed by atoms with van der Waals surface area (Å²) in [5.41, 5.74) is 0.635. The number of ether oxygens (including phenoxy) is 2. The molecule has 0 aliphatic heterocycles. The second kappa shape index (κ2) is 7.25. The smallest absolute Gasteiger partial charge is 0.268 e. The SMILES string of the molecule is CCN(c1cccc2ccccc12)S(=O)(=O)c1cc(OC)ccc1OC. The first kappa shape index (κ1) is 18.1. The van der Waals surface area contributed by atoms with Gasteiger partial charge in [-0.15, -0.1) is 0 Å². The van der Waals surface area contributed by atoms with Crippen molar-refractivity contribution in [1.82, 2.24) is 0 Å². The Bertz CT molecular complexity index is 1030. The minimum absolute atomic E-state index is 0.0779. The third-order valence-electron chi connectivity index (χ3n) is 4.26. The van der Waals surface area contributed by atoms with Crippen LogP contribution >= 0.6 is 0 Å². The Morgan fingerprint density at radius 3 is 2.35 bits per heavy atom. The molecular weight excluding hydrogens is 350 g/mol. The summed E-state index contributed by atoms with van der Waals surface area (Å²) in [4.78, 5) is 0.0779. The van der Waals surface area contributed by atoms with Gasteiger partial charge < -0.3 is 9.47 Å². The summed E-state index contributed by atoms with van der Waals surface area (Å²) < 4.78 is 38.8. The fourth-order valence-electron chi connectivity index (χ4n) is 3.00. The van der Waals surface area contributed by atoms with Gasteiger partial charge in [0.2, 0.25) is 0 Å². The predicted octanol–water partition coefficient (Wildman–Crippen LogP) is 4.07. The van der Waals surface area contributed by atoms with Gasteiger partial charge in [0, 0.05) is 18.0 Å². The van der Waals surface area contributed by atoms with Crippen molar-refractivity contribution in [2.75, 3.05) is 25.1 Å². The van der Waals surface area contributed by atoms with Crippen LogP contribution in [0.4, 0.5) is 5.69 Å². The molecule has 0 unspecified atom stereocenters. The van der Waals surface area contributed by atoms with Crippen LogP contribution in [0.25, 0.3) is 10.8 Å². The zero-order chi connectivity index (χ0) is 18.7. The van der Waals surface area contributed by atoms with Crippen LogP contribution in [-0.2, 0) is 10.0 Å². The van der Waals surface area contributed by atoms with Crippen LogP contribution in [-0.4, -0.2) is 29.2 Å². The molecule has 0 N–H and O–H groups in total. The highest BCUT2D eigenvalue weighted by Gasteiger charge is 2.28. The van der Waals surface area contributed by atoms with E-state index in [0.717, 1.165) is 10.8 Å². The topological polar surface area (TPSA) is 55.8 Å². The third kappa shape index (κ3) is 3.08. The maximum Gasteiger partial charge on any atom is 0.268 e.